The average Bonchev–Trinajstić information content (AvgIpc) is 2.86. The molecule has 1 saturated heterocycles. The minimum Gasteiger partial charge on any atom is -0.490 e. The Balaban J connectivity index is 1.63. The minimum absolute atomic E-state index is 0.401. The molecule has 2 heterocycles. The summed E-state index contributed by atoms with van der Waals surface area (Å²) in [6, 6.07) is 9.09. The predicted molar refractivity (Wildman–Crippen MR) is 60.2 cm³/mol. The summed E-state index contributed by atoms with van der Waals surface area (Å²) in [5, 5.41) is 3.53. The Hall–Kier alpha value is -1.02. The molecule has 0 aliphatic carbocycles. The van der Waals surface area contributed by atoms with Crippen LogP contribution in [0.2, 0.25) is 0 Å². The molecule has 0 bridgehead atoms. The van der Waals surface area contributed by atoms with Gasteiger partial charge in [0.1, 0.15) is 11.9 Å². The third kappa shape index (κ3) is 1.86. The first-order chi connectivity index (χ1) is 7.42. The Morgan fingerprint density at radius 2 is 2.27 bits per heavy atom. The van der Waals surface area contributed by atoms with Crippen LogP contribution in [0.1, 0.15) is 24.8 Å². The maximum Gasteiger partial charge on any atom is 0.123 e. The normalized spacial score (nSPS) is 28.8. The van der Waals surface area contributed by atoms with Crippen LogP contribution in [0, 0.1) is 0 Å². The number of benzene rings is 1. The van der Waals surface area contributed by atoms with E-state index < -0.39 is 0 Å². The zero-order valence-corrected chi connectivity index (χ0v) is 8.91. The SMILES string of the molecule is c1ccc2c(c1)CC(CC1CCCN1)O2. The summed E-state index contributed by atoms with van der Waals surface area (Å²) in [6.07, 6.45) is 5.29. The number of hydrogen-bond acceptors (Lipinski definition) is 2. The minimum atomic E-state index is 0.401. The van der Waals surface area contributed by atoms with Gasteiger partial charge in [0.2, 0.25) is 0 Å². The Kier molecular flexibility index (Phi) is 2.37. The van der Waals surface area contributed by atoms with Crippen LogP contribution in [0.25, 0.3) is 0 Å². The molecule has 1 fully saturated rings. The lowest BCUT2D eigenvalue weighted by Gasteiger charge is -2.15. The third-order valence-electron chi connectivity index (χ3n) is 3.42. The Morgan fingerprint density at radius 1 is 1.33 bits per heavy atom. The van der Waals surface area contributed by atoms with Gasteiger partial charge in [-0.15, -0.1) is 0 Å². The van der Waals surface area contributed by atoms with E-state index in [-0.39, 0.29) is 0 Å². The van der Waals surface area contributed by atoms with Gasteiger partial charge in [-0.1, -0.05) is 18.2 Å². The molecule has 2 aliphatic rings. The highest BCUT2D eigenvalue weighted by molar-refractivity contribution is 5.37. The number of nitrogens with one attached hydrogen (secondary N) is 1. The van der Waals surface area contributed by atoms with Crippen molar-refractivity contribution in [3.8, 4) is 5.75 Å². The number of hydrogen-bond donors (Lipinski definition) is 1. The summed E-state index contributed by atoms with van der Waals surface area (Å²) in [5.41, 5.74) is 1.38. The van der Waals surface area contributed by atoms with Crippen LogP contribution in [-0.4, -0.2) is 18.7 Å². The maximum absolute atomic E-state index is 5.93. The molecule has 0 aromatic heterocycles. The van der Waals surface area contributed by atoms with E-state index in [1.807, 2.05) is 0 Å². The van der Waals surface area contributed by atoms with Crippen LogP contribution in [-0.2, 0) is 6.42 Å². The number of ether oxygens (including phenoxy) is 1. The van der Waals surface area contributed by atoms with Gasteiger partial charge in [0.15, 0.2) is 0 Å². The van der Waals surface area contributed by atoms with Crippen molar-refractivity contribution in [3.05, 3.63) is 29.8 Å². The van der Waals surface area contributed by atoms with Crippen molar-refractivity contribution in [1.29, 1.82) is 0 Å². The van der Waals surface area contributed by atoms with E-state index in [0.717, 1.165) is 18.6 Å². The smallest absolute Gasteiger partial charge is 0.123 e. The van der Waals surface area contributed by atoms with Gasteiger partial charge in [-0.2, -0.15) is 0 Å². The molecule has 2 atom stereocenters. The molecule has 2 nitrogen and oxygen atoms in total. The second-order valence-corrected chi connectivity index (χ2v) is 4.58. The van der Waals surface area contributed by atoms with Gasteiger partial charge in [-0.05, 0) is 37.4 Å². The molecule has 1 aromatic rings. The van der Waals surface area contributed by atoms with E-state index in [2.05, 4.69) is 29.6 Å². The summed E-state index contributed by atoms with van der Waals surface area (Å²) in [4.78, 5) is 0. The first kappa shape index (κ1) is 9.22. The number of rotatable bonds is 2. The first-order valence-corrected chi connectivity index (χ1v) is 5.90. The van der Waals surface area contributed by atoms with Crippen LogP contribution in [0.15, 0.2) is 24.3 Å². The summed E-state index contributed by atoms with van der Waals surface area (Å²) >= 11 is 0. The highest BCUT2D eigenvalue weighted by Crippen LogP contribution is 2.30. The van der Waals surface area contributed by atoms with E-state index in [9.17, 15) is 0 Å². The van der Waals surface area contributed by atoms with Crippen molar-refractivity contribution in [3.63, 3.8) is 0 Å². The van der Waals surface area contributed by atoms with Crippen LogP contribution in [0.4, 0.5) is 0 Å². The van der Waals surface area contributed by atoms with Gasteiger partial charge in [0.05, 0.1) is 0 Å². The van der Waals surface area contributed by atoms with E-state index in [1.54, 1.807) is 0 Å². The predicted octanol–water partition coefficient (Wildman–Crippen LogP) is 2.13. The molecule has 3 rings (SSSR count). The zero-order valence-electron chi connectivity index (χ0n) is 8.91. The Morgan fingerprint density at radius 3 is 3.07 bits per heavy atom. The zero-order chi connectivity index (χ0) is 10.1. The quantitative estimate of drug-likeness (QED) is 0.795. The largest absolute Gasteiger partial charge is 0.490 e. The van der Waals surface area contributed by atoms with Crippen LogP contribution < -0.4 is 10.1 Å². The number of fused-ring (bicyclic) bond motifs is 1. The first-order valence-electron chi connectivity index (χ1n) is 5.90. The van der Waals surface area contributed by atoms with E-state index in [1.165, 1.54) is 24.9 Å². The highest BCUT2D eigenvalue weighted by Gasteiger charge is 2.26. The van der Waals surface area contributed by atoms with Gasteiger partial charge < -0.3 is 10.1 Å². The van der Waals surface area contributed by atoms with Crippen molar-refractivity contribution in [2.75, 3.05) is 6.54 Å². The molecule has 0 spiro atoms. The summed E-state index contributed by atoms with van der Waals surface area (Å²) in [5.74, 6) is 1.10. The molecule has 0 amide bonds. The molecule has 15 heavy (non-hydrogen) atoms. The monoisotopic (exact) mass is 203 g/mol. The lowest BCUT2D eigenvalue weighted by Crippen LogP contribution is -2.28. The van der Waals surface area contributed by atoms with E-state index in [0.29, 0.717) is 12.1 Å². The van der Waals surface area contributed by atoms with Crippen LogP contribution in [0.3, 0.4) is 0 Å². The van der Waals surface area contributed by atoms with Crippen LogP contribution in [0.5, 0.6) is 5.75 Å². The molecule has 0 radical (unpaired) electrons. The Labute approximate surface area is 90.6 Å². The standard InChI is InChI=1S/C13H17NO/c1-2-6-13-10(4-1)8-12(15-13)9-11-5-3-7-14-11/h1-2,4,6,11-12,14H,3,5,7-9H2. The second kappa shape index (κ2) is 3.86. The fraction of sp³-hybridized carbons (Fsp3) is 0.538. The number of para-hydroxylation sites is 1. The summed E-state index contributed by atoms with van der Waals surface area (Å²) < 4.78 is 5.93. The molecule has 2 unspecified atom stereocenters. The molecule has 1 aromatic carbocycles. The van der Waals surface area contributed by atoms with Gasteiger partial charge in [-0.3, -0.25) is 0 Å². The topological polar surface area (TPSA) is 21.3 Å². The molecule has 0 saturated carbocycles. The van der Waals surface area contributed by atoms with Crippen molar-refractivity contribution >= 4 is 0 Å². The molecular weight excluding hydrogens is 186 g/mol. The van der Waals surface area contributed by atoms with Gasteiger partial charge in [0.25, 0.3) is 0 Å². The molecular formula is C13H17NO. The molecule has 80 valence electrons. The van der Waals surface area contributed by atoms with Crippen LogP contribution >= 0.6 is 0 Å². The highest BCUT2D eigenvalue weighted by atomic mass is 16.5. The average molecular weight is 203 g/mol. The summed E-state index contributed by atoms with van der Waals surface area (Å²) in [7, 11) is 0. The third-order valence-corrected chi connectivity index (χ3v) is 3.42. The lowest BCUT2D eigenvalue weighted by atomic mass is 10.0. The van der Waals surface area contributed by atoms with Gasteiger partial charge in [0, 0.05) is 12.5 Å². The second-order valence-electron chi connectivity index (χ2n) is 4.58. The molecule has 1 N–H and O–H groups in total. The van der Waals surface area contributed by atoms with Crippen molar-refractivity contribution < 1.29 is 4.74 Å². The van der Waals surface area contributed by atoms with E-state index >= 15 is 0 Å². The van der Waals surface area contributed by atoms with Crippen molar-refractivity contribution in [2.24, 2.45) is 0 Å². The van der Waals surface area contributed by atoms with Crippen molar-refractivity contribution in [2.45, 2.75) is 37.8 Å². The lowest BCUT2D eigenvalue weighted by molar-refractivity contribution is 0.206. The fourth-order valence-corrected chi connectivity index (χ4v) is 2.66. The molecule has 2 heteroatoms. The van der Waals surface area contributed by atoms with Gasteiger partial charge >= 0.3 is 0 Å². The van der Waals surface area contributed by atoms with E-state index in [4.69, 9.17) is 4.74 Å². The maximum atomic E-state index is 5.93. The van der Waals surface area contributed by atoms with Crippen molar-refractivity contribution in [1.82, 2.24) is 5.32 Å². The fourth-order valence-electron chi connectivity index (χ4n) is 2.66. The molecule has 2 aliphatic heterocycles. The Bertz CT molecular complexity index is 319. The summed E-state index contributed by atoms with van der Waals surface area (Å²) in [6.45, 7) is 1.18. The van der Waals surface area contributed by atoms with Gasteiger partial charge in [-0.25, -0.2) is 0 Å².